The van der Waals surface area contributed by atoms with E-state index in [9.17, 15) is 0 Å². The first-order valence-electron chi connectivity index (χ1n) is 10.7. The molecule has 0 aliphatic heterocycles. The maximum Gasteiger partial charge on any atom is 0.161 e. The SMILES string of the molecule is CC(C)(C)c1cc(-c2nccc3cc(-c4cncc5occc45)oc23)cc2ccccc12. The lowest BCUT2D eigenvalue weighted by Crippen LogP contribution is -2.12. The van der Waals surface area contributed by atoms with Crippen molar-refractivity contribution in [1.82, 2.24) is 9.97 Å². The minimum absolute atomic E-state index is 0.000427. The monoisotopic (exact) mass is 418 g/mol. The summed E-state index contributed by atoms with van der Waals surface area (Å²) in [7, 11) is 0. The molecule has 0 fully saturated rings. The van der Waals surface area contributed by atoms with Crippen LogP contribution in [-0.4, -0.2) is 9.97 Å². The third kappa shape index (κ3) is 2.91. The highest BCUT2D eigenvalue weighted by Gasteiger charge is 2.21. The average Bonchev–Trinajstić information content (AvgIpc) is 3.44. The van der Waals surface area contributed by atoms with E-state index >= 15 is 0 Å². The predicted octanol–water partition coefficient (Wildman–Crippen LogP) is 7.75. The van der Waals surface area contributed by atoms with Crippen molar-refractivity contribution in [1.29, 1.82) is 0 Å². The van der Waals surface area contributed by atoms with Crippen LogP contribution in [0, 0.1) is 0 Å². The van der Waals surface area contributed by atoms with Gasteiger partial charge in [0.2, 0.25) is 0 Å². The van der Waals surface area contributed by atoms with E-state index in [1.165, 1.54) is 16.3 Å². The topological polar surface area (TPSA) is 52.1 Å². The lowest BCUT2D eigenvalue weighted by Gasteiger charge is -2.22. The minimum Gasteiger partial charge on any atom is -0.463 e. The van der Waals surface area contributed by atoms with Gasteiger partial charge in [-0.15, -0.1) is 0 Å². The molecule has 32 heavy (non-hydrogen) atoms. The van der Waals surface area contributed by atoms with Crippen molar-refractivity contribution in [3.8, 4) is 22.6 Å². The zero-order chi connectivity index (χ0) is 21.9. The normalized spacial score (nSPS) is 12.2. The fourth-order valence-corrected chi connectivity index (χ4v) is 4.46. The van der Waals surface area contributed by atoms with E-state index in [1.54, 1.807) is 12.5 Å². The maximum atomic E-state index is 6.41. The highest BCUT2D eigenvalue weighted by Crippen LogP contribution is 2.39. The van der Waals surface area contributed by atoms with Crippen LogP contribution in [0.5, 0.6) is 0 Å². The van der Waals surface area contributed by atoms with Crippen molar-refractivity contribution < 1.29 is 8.83 Å². The predicted molar refractivity (Wildman–Crippen MR) is 129 cm³/mol. The van der Waals surface area contributed by atoms with Crippen molar-refractivity contribution in [2.45, 2.75) is 26.2 Å². The molecule has 0 aliphatic carbocycles. The van der Waals surface area contributed by atoms with Gasteiger partial charge in [0.05, 0.1) is 12.5 Å². The number of hydrogen-bond donors (Lipinski definition) is 0. The van der Waals surface area contributed by atoms with Crippen molar-refractivity contribution in [3.63, 3.8) is 0 Å². The maximum absolute atomic E-state index is 6.41. The highest BCUT2D eigenvalue weighted by molar-refractivity contribution is 5.99. The van der Waals surface area contributed by atoms with E-state index in [0.717, 1.165) is 44.5 Å². The largest absolute Gasteiger partial charge is 0.463 e. The third-order valence-corrected chi connectivity index (χ3v) is 6.02. The smallest absolute Gasteiger partial charge is 0.161 e. The number of rotatable bonds is 2. The number of pyridine rings is 2. The molecule has 0 radical (unpaired) electrons. The molecule has 156 valence electrons. The summed E-state index contributed by atoms with van der Waals surface area (Å²) in [6.45, 7) is 6.74. The number of fused-ring (bicyclic) bond motifs is 3. The number of furan rings is 2. The van der Waals surface area contributed by atoms with Crippen LogP contribution in [-0.2, 0) is 5.41 Å². The second-order valence-corrected chi connectivity index (χ2v) is 9.20. The van der Waals surface area contributed by atoms with Gasteiger partial charge in [0.25, 0.3) is 0 Å². The first kappa shape index (κ1) is 18.8. The molecular formula is C28H22N2O2. The van der Waals surface area contributed by atoms with Gasteiger partial charge in [-0.05, 0) is 52.1 Å². The Morgan fingerprint density at radius 1 is 0.844 bits per heavy atom. The summed E-state index contributed by atoms with van der Waals surface area (Å²) >= 11 is 0. The number of nitrogens with zero attached hydrogens (tertiary/aromatic N) is 2. The summed E-state index contributed by atoms with van der Waals surface area (Å²) in [5, 5.41) is 4.46. The van der Waals surface area contributed by atoms with Gasteiger partial charge in [-0.1, -0.05) is 45.0 Å². The van der Waals surface area contributed by atoms with Crippen molar-refractivity contribution >= 4 is 32.7 Å². The molecule has 6 aromatic rings. The van der Waals surface area contributed by atoms with Gasteiger partial charge in [-0.3, -0.25) is 9.97 Å². The zero-order valence-corrected chi connectivity index (χ0v) is 18.2. The fourth-order valence-electron chi connectivity index (χ4n) is 4.46. The lowest BCUT2D eigenvalue weighted by molar-refractivity contribution is 0.596. The number of hydrogen-bond acceptors (Lipinski definition) is 4. The van der Waals surface area contributed by atoms with Crippen LogP contribution in [0.25, 0.3) is 55.3 Å². The van der Waals surface area contributed by atoms with E-state index in [-0.39, 0.29) is 5.41 Å². The summed E-state index contributed by atoms with van der Waals surface area (Å²) in [6.07, 6.45) is 7.06. The van der Waals surface area contributed by atoms with Crippen molar-refractivity contribution in [2.24, 2.45) is 0 Å². The molecule has 4 nitrogen and oxygen atoms in total. The molecule has 0 amide bonds. The molecule has 0 aliphatic rings. The Labute approximate surface area is 185 Å². The fraction of sp³-hybridized carbons (Fsp3) is 0.143. The number of aromatic nitrogens is 2. The van der Waals surface area contributed by atoms with Crippen LogP contribution in [0.4, 0.5) is 0 Å². The van der Waals surface area contributed by atoms with E-state index < -0.39 is 0 Å². The quantitative estimate of drug-likeness (QED) is 0.288. The van der Waals surface area contributed by atoms with Crippen LogP contribution in [0.15, 0.2) is 88.3 Å². The Kier molecular flexibility index (Phi) is 3.99. The molecule has 4 aromatic heterocycles. The average molecular weight is 418 g/mol. The van der Waals surface area contributed by atoms with Gasteiger partial charge in [-0.25, -0.2) is 0 Å². The first-order valence-corrected chi connectivity index (χ1v) is 10.7. The second-order valence-electron chi connectivity index (χ2n) is 9.20. The molecule has 0 atom stereocenters. The highest BCUT2D eigenvalue weighted by atomic mass is 16.3. The molecular weight excluding hydrogens is 396 g/mol. The van der Waals surface area contributed by atoms with Crippen molar-refractivity contribution in [2.75, 3.05) is 0 Å². The minimum atomic E-state index is 0.000427. The molecule has 0 unspecified atom stereocenters. The van der Waals surface area contributed by atoms with E-state index in [0.29, 0.717) is 0 Å². The van der Waals surface area contributed by atoms with E-state index in [2.05, 4.69) is 68.2 Å². The van der Waals surface area contributed by atoms with E-state index in [1.807, 2.05) is 24.5 Å². The van der Waals surface area contributed by atoms with Crippen LogP contribution < -0.4 is 0 Å². The zero-order valence-electron chi connectivity index (χ0n) is 18.2. The van der Waals surface area contributed by atoms with Gasteiger partial charge in [0, 0.05) is 34.3 Å². The molecule has 2 aromatic carbocycles. The summed E-state index contributed by atoms with van der Waals surface area (Å²) in [5.74, 6) is 0.755. The third-order valence-electron chi connectivity index (χ3n) is 6.02. The van der Waals surface area contributed by atoms with E-state index in [4.69, 9.17) is 13.8 Å². The van der Waals surface area contributed by atoms with Crippen LogP contribution >= 0.6 is 0 Å². The van der Waals surface area contributed by atoms with Crippen LogP contribution in [0.2, 0.25) is 0 Å². The Hall–Kier alpha value is -3.92. The molecule has 0 bridgehead atoms. The molecule has 0 spiro atoms. The van der Waals surface area contributed by atoms with Crippen molar-refractivity contribution in [3.05, 3.63) is 85.0 Å². The molecule has 0 saturated carbocycles. The van der Waals surface area contributed by atoms with Gasteiger partial charge in [-0.2, -0.15) is 0 Å². The molecule has 0 saturated heterocycles. The van der Waals surface area contributed by atoms with Gasteiger partial charge in [0.15, 0.2) is 11.2 Å². The molecule has 4 heteroatoms. The second kappa shape index (κ2) is 6.79. The van der Waals surface area contributed by atoms with Crippen LogP contribution in [0.3, 0.4) is 0 Å². The summed E-state index contributed by atoms with van der Waals surface area (Å²) < 4.78 is 11.9. The molecule has 6 rings (SSSR count). The number of benzene rings is 2. The summed E-state index contributed by atoms with van der Waals surface area (Å²) in [6, 6.07) is 19.0. The molecule has 0 N–H and O–H groups in total. The Morgan fingerprint density at radius 2 is 1.72 bits per heavy atom. The van der Waals surface area contributed by atoms with Crippen LogP contribution in [0.1, 0.15) is 26.3 Å². The Morgan fingerprint density at radius 3 is 2.59 bits per heavy atom. The van der Waals surface area contributed by atoms with Gasteiger partial charge in [0.1, 0.15) is 11.5 Å². The first-order chi connectivity index (χ1) is 15.5. The molecule has 4 heterocycles. The summed E-state index contributed by atoms with van der Waals surface area (Å²) in [5.41, 5.74) is 5.62. The Bertz CT molecular complexity index is 1620. The lowest BCUT2D eigenvalue weighted by atomic mass is 9.82. The van der Waals surface area contributed by atoms with Gasteiger partial charge < -0.3 is 8.83 Å². The Balaban J connectivity index is 1.60. The summed E-state index contributed by atoms with van der Waals surface area (Å²) in [4.78, 5) is 9.05. The van der Waals surface area contributed by atoms with Gasteiger partial charge >= 0.3 is 0 Å². The standard InChI is InChI=1S/C28H22N2O2/c1-28(2,3)23-13-19(12-17-6-4-5-7-20(17)23)26-27-18(8-10-30-26)14-24(32-27)22-15-29-16-25-21(22)9-11-31-25/h4-16H,1-3H3.